The third kappa shape index (κ3) is 5.68. The van der Waals surface area contributed by atoms with Crippen LogP contribution in [-0.2, 0) is 0 Å². The monoisotopic (exact) mass is 392 g/mol. The number of hydrogen-bond acceptors (Lipinski definition) is 5. The van der Waals surface area contributed by atoms with E-state index in [0.29, 0.717) is 18.0 Å². The fourth-order valence-corrected chi connectivity index (χ4v) is 2.56. The first kappa shape index (κ1) is 20.1. The number of benzene rings is 2. The zero-order chi connectivity index (χ0) is 20.5. The van der Waals surface area contributed by atoms with E-state index in [9.17, 15) is 4.79 Å². The molecule has 150 valence electrons. The second-order valence-electron chi connectivity index (χ2n) is 6.37. The number of carbonyl (C=O) groups is 1. The molecule has 1 heterocycles. The topological polar surface area (TPSA) is 88.6 Å². The Labute approximate surface area is 169 Å². The van der Waals surface area contributed by atoms with Crippen molar-refractivity contribution in [3.63, 3.8) is 0 Å². The first-order chi connectivity index (χ1) is 14.2. The lowest BCUT2D eigenvalue weighted by molar-refractivity contribution is 0.0950. The molecule has 0 aliphatic heterocycles. The van der Waals surface area contributed by atoms with Gasteiger partial charge in [0, 0.05) is 5.56 Å². The Balaban J connectivity index is 1.57. The van der Waals surface area contributed by atoms with Crippen LogP contribution in [0, 0.1) is 0 Å². The molecule has 1 amide bonds. The predicted octanol–water partition coefficient (Wildman–Crippen LogP) is 4.03. The SMILES string of the molecule is CCCCOc1ccc(-c2cc(C(=O)N/N=C/c3ccc(OC)cc3)[nH]n2)cc1. The highest BCUT2D eigenvalue weighted by atomic mass is 16.5. The highest BCUT2D eigenvalue weighted by Crippen LogP contribution is 2.21. The summed E-state index contributed by atoms with van der Waals surface area (Å²) in [7, 11) is 1.61. The van der Waals surface area contributed by atoms with Crippen molar-refractivity contribution in [1.82, 2.24) is 15.6 Å². The quantitative estimate of drug-likeness (QED) is 0.327. The summed E-state index contributed by atoms with van der Waals surface area (Å²) in [5.41, 5.74) is 5.23. The molecular weight excluding hydrogens is 368 g/mol. The molecule has 29 heavy (non-hydrogen) atoms. The number of methoxy groups -OCH3 is 1. The van der Waals surface area contributed by atoms with E-state index in [4.69, 9.17) is 9.47 Å². The summed E-state index contributed by atoms with van der Waals surface area (Å²) in [5, 5.41) is 10.9. The van der Waals surface area contributed by atoms with Gasteiger partial charge in [-0.25, -0.2) is 5.43 Å². The van der Waals surface area contributed by atoms with Crippen LogP contribution < -0.4 is 14.9 Å². The van der Waals surface area contributed by atoms with Gasteiger partial charge in [-0.2, -0.15) is 10.2 Å². The minimum absolute atomic E-state index is 0.329. The number of aromatic nitrogens is 2. The van der Waals surface area contributed by atoms with Gasteiger partial charge in [0.15, 0.2) is 0 Å². The Hall–Kier alpha value is -3.61. The second-order valence-corrected chi connectivity index (χ2v) is 6.37. The van der Waals surface area contributed by atoms with E-state index in [2.05, 4.69) is 27.6 Å². The van der Waals surface area contributed by atoms with Crippen molar-refractivity contribution in [1.29, 1.82) is 0 Å². The Morgan fingerprint density at radius 1 is 1.14 bits per heavy atom. The Bertz CT molecular complexity index is 947. The van der Waals surface area contributed by atoms with Crippen LogP contribution in [-0.4, -0.2) is 36.0 Å². The van der Waals surface area contributed by atoms with Gasteiger partial charge >= 0.3 is 0 Å². The number of nitrogens with zero attached hydrogens (tertiary/aromatic N) is 2. The molecule has 0 spiro atoms. The lowest BCUT2D eigenvalue weighted by atomic mass is 10.1. The molecule has 0 saturated heterocycles. The smallest absolute Gasteiger partial charge is 0.289 e. The summed E-state index contributed by atoms with van der Waals surface area (Å²) in [4.78, 5) is 12.2. The van der Waals surface area contributed by atoms with E-state index >= 15 is 0 Å². The minimum atomic E-state index is -0.368. The predicted molar refractivity (Wildman–Crippen MR) is 112 cm³/mol. The summed E-state index contributed by atoms with van der Waals surface area (Å²) in [6.45, 7) is 2.84. The molecule has 3 aromatic rings. The third-order valence-electron chi connectivity index (χ3n) is 4.23. The second kappa shape index (κ2) is 10.1. The van der Waals surface area contributed by atoms with Crippen molar-refractivity contribution in [2.75, 3.05) is 13.7 Å². The van der Waals surface area contributed by atoms with Crippen LogP contribution >= 0.6 is 0 Å². The lowest BCUT2D eigenvalue weighted by Crippen LogP contribution is -2.17. The number of H-pyrrole nitrogens is 1. The van der Waals surface area contributed by atoms with Gasteiger partial charge in [0.1, 0.15) is 17.2 Å². The molecule has 2 aromatic carbocycles. The molecule has 0 fully saturated rings. The molecule has 0 radical (unpaired) electrons. The minimum Gasteiger partial charge on any atom is -0.497 e. The summed E-state index contributed by atoms with van der Waals surface area (Å²) in [6, 6.07) is 16.7. The maximum absolute atomic E-state index is 12.2. The van der Waals surface area contributed by atoms with E-state index in [1.165, 1.54) is 0 Å². The van der Waals surface area contributed by atoms with Crippen LogP contribution in [0.2, 0.25) is 0 Å². The standard InChI is InChI=1S/C22H24N4O3/c1-3-4-13-29-19-11-7-17(8-12-19)20-14-21(25-24-20)22(27)26-23-15-16-5-9-18(28-2)10-6-16/h5-12,14-15H,3-4,13H2,1-2H3,(H,24,25)(H,26,27)/b23-15+. The molecule has 0 aliphatic rings. The van der Waals surface area contributed by atoms with E-state index < -0.39 is 0 Å². The van der Waals surface area contributed by atoms with Gasteiger partial charge in [0.2, 0.25) is 0 Å². The van der Waals surface area contributed by atoms with Crippen LogP contribution in [0.15, 0.2) is 59.7 Å². The zero-order valence-electron chi connectivity index (χ0n) is 16.5. The first-order valence-electron chi connectivity index (χ1n) is 9.45. The number of hydrogen-bond donors (Lipinski definition) is 2. The molecule has 1 aromatic heterocycles. The molecule has 3 rings (SSSR count). The molecule has 0 bridgehead atoms. The molecule has 2 N–H and O–H groups in total. The fraction of sp³-hybridized carbons (Fsp3) is 0.227. The number of hydrazone groups is 1. The summed E-state index contributed by atoms with van der Waals surface area (Å²) in [5.74, 6) is 1.22. The fourth-order valence-electron chi connectivity index (χ4n) is 2.56. The van der Waals surface area contributed by atoms with Gasteiger partial charge in [-0.15, -0.1) is 0 Å². The number of carbonyl (C=O) groups excluding carboxylic acids is 1. The molecular formula is C22H24N4O3. The van der Waals surface area contributed by atoms with Gasteiger partial charge in [-0.3, -0.25) is 9.89 Å². The molecule has 0 unspecified atom stereocenters. The maximum Gasteiger partial charge on any atom is 0.289 e. The highest BCUT2D eigenvalue weighted by Gasteiger charge is 2.10. The van der Waals surface area contributed by atoms with Crippen molar-refractivity contribution in [3.05, 3.63) is 65.9 Å². The van der Waals surface area contributed by atoms with E-state index in [1.54, 1.807) is 19.4 Å². The van der Waals surface area contributed by atoms with E-state index in [1.807, 2.05) is 48.5 Å². The first-order valence-corrected chi connectivity index (χ1v) is 9.45. The average molecular weight is 392 g/mol. The van der Waals surface area contributed by atoms with Crippen molar-refractivity contribution < 1.29 is 14.3 Å². The van der Waals surface area contributed by atoms with Gasteiger partial charge in [0.05, 0.1) is 25.6 Å². The average Bonchev–Trinajstić information content (AvgIpc) is 3.25. The highest BCUT2D eigenvalue weighted by molar-refractivity contribution is 5.94. The van der Waals surface area contributed by atoms with Crippen LogP contribution in [0.25, 0.3) is 11.3 Å². The van der Waals surface area contributed by atoms with Gasteiger partial charge in [0.25, 0.3) is 5.91 Å². The van der Waals surface area contributed by atoms with Crippen LogP contribution in [0.3, 0.4) is 0 Å². The lowest BCUT2D eigenvalue weighted by Gasteiger charge is -2.05. The Morgan fingerprint density at radius 2 is 1.86 bits per heavy atom. The number of ether oxygens (including phenoxy) is 2. The van der Waals surface area contributed by atoms with Gasteiger partial charge in [-0.1, -0.05) is 13.3 Å². The van der Waals surface area contributed by atoms with Crippen LogP contribution in [0.1, 0.15) is 35.8 Å². The molecule has 7 nitrogen and oxygen atoms in total. The van der Waals surface area contributed by atoms with Crippen molar-refractivity contribution in [3.8, 4) is 22.8 Å². The van der Waals surface area contributed by atoms with E-state index in [-0.39, 0.29) is 5.91 Å². The number of aromatic amines is 1. The Kier molecular flexibility index (Phi) is 7.00. The maximum atomic E-state index is 12.2. The van der Waals surface area contributed by atoms with Crippen molar-refractivity contribution >= 4 is 12.1 Å². The normalized spacial score (nSPS) is 10.8. The van der Waals surface area contributed by atoms with Crippen LogP contribution in [0.4, 0.5) is 0 Å². The number of rotatable bonds is 9. The molecule has 0 saturated carbocycles. The van der Waals surface area contributed by atoms with Crippen molar-refractivity contribution in [2.24, 2.45) is 5.10 Å². The van der Waals surface area contributed by atoms with Gasteiger partial charge in [-0.05, 0) is 66.6 Å². The summed E-state index contributed by atoms with van der Waals surface area (Å²) < 4.78 is 10.8. The Morgan fingerprint density at radius 3 is 2.55 bits per heavy atom. The molecule has 0 aliphatic carbocycles. The third-order valence-corrected chi connectivity index (χ3v) is 4.23. The number of unbranched alkanes of at least 4 members (excludes halogenated alkanes) is 1. The largest absolute Gasteiger partial charge is 0.497 e. The van der Waals surface area contributed by atoms with Gasteiger partial charge < -0.3 is 9.47 Å². The summed E-state index contributed by atoms with van der Waals surface area (Å²) in [6.07, 6.45) is 3.69. The number of nitrogens with one attached hydrogen (secondary N) is 2. The molecule has 0 atom stereocenters. The zero-order valence-corrected chi connectivity index (χ0v) is 16.5. The van der Waals surface area contributed by atoms with E-state index in [0.717, 1.165) is 35.5 Å². The van der Waals surface area contributed by atoms with Crippen molar-refractivity contribution in [2.45, 2.75) is 19.8 Å². The molecule has 7 heteroatoms. The number of amides is 1. The van der Waals surface area contributed by atoms with Crippen LogP contribution in [0.5, 0.6) is 11.5 Å². The summed E-state index contributed by atoms with van der Waals surface area (Å²) >= 11 is 0.